The zero-order valence-electron chi connectivity index (χ0n) is 10.6. The van der Waals surface area contributed by atoms with E-state index in [2.05, 4.69) is 4.84 Å². The lowest BCUT2D eigenvalue weighted by molar-refractivity contribution is -0.385. The van der Waals surface area contributed by atoms with Crippen molar-refractivity contribution < 1.29 is 32.5 Å². The Morgan fingerprint density at radius 3 is 2.48 bits per heavy atom. The molecule has 0 atom stereocenters. The number of hydrogen-bond acceptors (Lipinski definition) is 5. The Hall–Kier alpha value is -2.65. The molecule has 1 N–H and O–H groups in total. The van der Waals surface area contributed by atoms with Crippen LogP contribution < -0.4 is 5.48 Å². The van der Waals surface area contributed by atoms with Gasteiger partial charge in [0.05, 0.1) is 10.5 Å². The predicted octanol–water partition coefficient (Wildman–Crippen LogP) is 2.21. The Labute approximate surface area is 115 Å². The highest BCUT2D eigenvalue weighted by Gasteiger charge is 2.34. The molecule has 0 aliphatic rings. The zero-order valence-corrected chi connectivity index (χ0v) is 10.6. The molecular weight excluding hydrogens is 297 g/mol. The molecule has 0 heterocycles. The van der Waals surface area contributed by atoms with Crippen LogP contribution in [-0.2, 0) is 15.8 Å². The standard InChI is InChI=1S/C11H9F3N2O5/c1-2-9(17)21-15-10(18)7-4-3-6(11(12,13)14)5-8(7)16(19)20/h3-5H,2H2,1H3,(H,15,18). The monoisotopic (exact) mass is 306 g/mol. The van der Waals surface area contributed by atoms with E-state index in [9.17, 15) is 32.9 Å². The Morgan fingerprint density at radius 1 is 1.38 bits per heavy atom. The summed E-state index contributed by atoms with van der Waals surface area (Å²) in [6.45, 7) is 1.44. The van der Waals surface area contributed by atoms with Gasteiger partial charge in [0.1, 0.15) is 5.56 Å². The van der Waals surface area contributed by atoms with Crippen LogP contribution in [0, 0.1) is 10.1 Å². The Kier molecular flexibility index (Phi) is 4.84. The van der Waals surface area contributed by atoms with Crippen molar-refractivity contribution in [3.05, 3.63) is 39.4 Å². The van der Waals surface area contributed by atoms with E-state index in [1.54, 1.807) is 5.48 Å². The summed E-state index contributed by atoms with van der Waals surface area (Å²) in [6, 6.07) is 1.39. The van der Waals surface area contributed by atoms with Crippen molar-refractivity contribution in [2.45, 2.75) is 19.5 Å². The third-order valence-corrected chi connectivity index (χ3v) is 2.31. The minimum atomic E-state index is -4.78. The quantitative estimate of drug-likeness (QED) is 0.682. The average molecular weight is 306 g/mol. The van der Waals surface area contributed by atoms with Gasteiger partial charge in [0.2, 0.25) is 0 Å². The number of carbonyl (C=O) groups is 2. The number of benzene rings is 1. The normalized spacial score (nSPS) is 10.9. The summed E-state index contributed by atoms with van der Waals surface area (Å²) < 4.78 is 37.4. The summed E-state index contributed by atoms with van der Waals surface area (Å²) in [5, 5.41) is 10.8. The number of nitrogens with zero attached hydrogens (tertiary/aromatic N) is 1. The molecule has 21 heavy (non-hydrogen) atoms. The molecule has 7 nitrogen and oxygen atoms in total. The van der Waals surface area contributed by atoms with Crippen LogP contribution in [-0.4, -0.2) is 16.8 Å². The van der Waals surface area contributed by atoms with Gasteiger partial charge >= 0.3 is 12.1 Å². The second-order valence-electron chi connectivity index (χ2n) is 3.75. The van der Waals surface area contributed by atoms with Crippen LogP contribution in [0.2, 0.25) is 0 Å². The van der Waals surface area contributed by atoms with Crippen molar-refractivity contribution in [1.82, 2.24) is 5.48 Å². The van der Waals surface area contributed by atoms with Crippen molar-refractivity contribution in [1.29, 1.82) is 0 Å². The van der Waals surface area contributed by atoms with E-state index < -0.39 is 39.8 Å². The van der Waals surface area contributed by atoms with Gasteiger partial charge in [-0.15, -0.1) is 0 Å². The largest absolute Gasteiger partial charge is 0.416 e. The Morgan fingerprint density at radius 2 is 2.00 bits per heavy atom. The molecule has 0 aliphatic heterocycles. The Bertz CT molecular complexity index is 586. The smallest absolute Gasteiger partial charge is 0.341 e. The van der Waals surface area contributed by atoms with Crippen LogP contribution in [0.3, 0.4) is 0 Å². The SMILES string of the molecule is CCC(=O)ONC(=O)c1ccc(C(F)(F)F)cc1[N+](=O)[O-]. The first-order chi connectivity index (χ1) is 9.66. The van der Waals surface area contributed by atoms with E-state index in [1.165, 1.54) is 6.92 Å². The molecule has 1 aromatic carbocycles. The van der Waals surface area contributed by atoms with E-state index in [4.69, 9.17) is 0 Å². The van der Waals surface area contributed by atoms with Gasteiger partial charge in [0.25, 0.3) is 11.6 Å². The van der Waals surface area contributed by atoms with E-state index in [1.807, 2.05) is 0 Å². The Balaban J connectivity index is 3.10. The van der Waals surface area contributed by atoms with Crippen molar-refractivity contribution in [3.8, 4) is 0 Å². The number of alkyl halides is 3. The number of nitrogens with one attached hydrogen (secondary N) is 1. The van der Waals surface area contributed by atoms with Crippen LogP contribution >= 0.6 is 0 Å². The molecule has 1 amide bonds. The maximum absolute atomic E-state index is 12.5. The average Bonchev–Trinajstić information content (AvgIpc) is 2.42. The topological polar surface area (TPSA) is 98.5 Å². The highest BCUT2D eigenvalue weighted by molar-refractivity contribution is 5.98. The molecule has 0 fully saturated rings. The fourth-order valence-corrected chi connectivity index (χ4v) is 1.28. The van der Waals surface area contributed by atoms with E-state index >= 15 is 0 Å². The number of amides is 1. The number of rotatable bonds is 3. The van der Waals surface area contributed by atoms with Gasteiger partial charge in [-0.05, 0) is 12.1 Å². The van der Waals surface area contributed by atoms with Gasteiger partial charge in [0.15, 0.2) is 0 Å². The van der Waals surface area contributed by atoms with E-state index in [-0.39, 0.29) is 12.5 Å². The van der Waals surface area contributed by atoms with Gasteiger partial charge in [-0.3, -0.25) is 14.9 Å². The maximum atomic E-state index is 12.5. The molecule has 0 bridgehead atoms. The molecule has 0 saturated heterocycles. The fourth-order valence-electron chi connectivity index (χ4n) is 1.28. The summed E-state index contributed by atoms with van der Waals surface area (Å²) in [6.07, 6.45) is -4.84. The lowest BCUT2D eigenvalue weighted by Crippen LogP contribution is -2.27. The van der Waals surface area contributed by atoms with Gasteiger partial charge in [-0.2, -0.15) is 18.7 Å². The first-order valence-electron chi connectivity index (χ1n) is 5.52. The summed E-state index contributed by atoms with van der Waals surface area (Å²) >= 11 is 0. The predicted molar refractivity (Wildman–Crippen MR) is 61.9 cm³/mol. The number of carbonyl (C=O) groups excluding carboxylic acids is 2. The van der Waals surface area contributed by atoms with Gasteiger partial charge in [0, 0.05) is 12.5 Å². The molecule has 1 rings (SSSR count). The van der Waals surface area contributed by atoms with Crippen molar-refractivity contribution >= 4 is 17.6 Å². The van der Waals surface area contributed by atoms with Crippen LogP contribution in [0.15, 0.2) is 18.2 Å². The first kappa shape index (κ1) is 16.4. The van der Waals surface area contributed by atoms with Gasteiger partial charge < -0.3 is 4.84 Å². The second-order valence-corrected chi connectivity index (χ2v) is 3.75. The summed E-state index contributed by atoms with van der Waals surface area (Å²) in [5.74, 6) is -2.00. The molecule has 0 saturated carbocycles. The lowest BCUT2D eigenvalue weighted by Gasteiger charge is -2.09. The third-order valence-electron chi connectivity index (χ3n) is 2.31. The molecule has 0 aromatic heterocycles. The lowest BCUT2D eigenvalue weighted by atomic mass is 10.1. The van der Waals surface area contributed by atoms with Crippen molar-refractivity contribution in [2.75, 3.05) is 0 Å². The molecule has 0 aliphatic carbocycles. The first-order valence-corrected chi connectivity index (χ1v) is 5.52. The molecular formula is C11H9F3N2O5. The summed E-state index contributed by atoms with van der Waals surface area (Å²) in [5.41, 5.74) is -1.34. The molecule has 1 aromatic rings. The number of halogens is 3. The zero-order chi connectivity index (χ0) is 16.2. The van der Waals surface area contributed by atoms with Crippen LogP contribution in [0.5, 0.6) is 0 Å². The van der Waals surface area contributed by atoms with Gasteiger partial charge in [-0.1, -0.05) is 6.92 Å². The highest BCUT2D eigenvalue weighted by Crippen LogP contribution is 2.32. The van der Waals surface area contributed by atoms with Crippen LogP contribution in [0.1, 0.15) is 29.3 Å². The molecule has 0 spiro atoms. The number of hydrogen-bond donors (Lipinski definition) is 1. The van der Waals surface area contributed by atoms with Gasteiger partial charge in [-0.25, -0.2) is 4.79 Å². The van der Waals surface area contributed by atoms with Crippen molar-refractivity contribution in [3.63, 3.8) is 0 Å². The summed E-state index contributed by atoms with van der Waals surface area (Å²) in [7, 11) is 0. The highest BCUT2D eigenvalue weighted by atomic mass is 19.4. The van der Waals surface area contributed by atoms with Crippen LogP contribution in [0.25, 0.3) is 0 Å². The number of nitro benzene ring substituents is 1. The number of nitro groups is 1. The molecule has 0 unspecified atom stereocenters. The van der Waals surface area contributed by atoms with Crippen molar-refractivity contribution in [2.24, 2.45) is 0 Å². The molecule has 0 radical (unpaired) electrons. The third kappa shape index (κ3) is 4.16. The minimum Gasteiger partial charge on any atom is -0.341 e. The molecule has 10 heteroatoms. The van der Waals surface area contributed by atoms with Crippen LogP contribution in [0.4, 0.5) is 18.9 Å². The number of hydroxylamine groups is 1. The summed E-state index contributed by atoms with van der Waals surface area (Å²) in [4.78, 5) is 36.3. The minimum absolute atomic E-state index is 0.0601. The molecule has 114 valence electrons. The van der Waals surface area contributed by atoms with E-state index in [0.717, 1.165) is 0 Å². The second kappa shape index (κ2) is 6.20. The maximum Gasteiger partial charge on any atom is 0.416 e. The fraction of sp³-hybridized carbons (Fsp3) is 0.273. The van der Waals surface area contributed by atoms with E-state index in [0.29, 0.717) is 12.1 Å².